The van der Waals surface area contributed by atoms with Crippen LogP contribution in [0.25, 0.3) is 0 Å². The van der Waals surface area contributed by atoms with Crippen LogP contribution in [-0.2, 0) is 0 Å². The highest BCUT2D eigenvalue weighted by atomic mass is 32.1. The molecule has 1 aromatic heterocycles. The molecule has 1 aromatic rings. The van der Waals surface area contributed by atoms with E-state index in [9.17, 15) is 4.79 Å². The first-order valence-electron chi connectivity index (χ1n) is 6.27. The van der Waals surface area contributed by atoms with Gasteiger partial charge in [0.2, 0.25) is 0 Å². The maximum atomic E-state index is 11.9. The van der Waals surface area contributed by atoms with Gasteiger partial charge in [0.25, 0.3) is 5.91 Å². The van der Waals surface area contributed by atoms with Gasteiger partial charge >= 0.3 is 0 Å². The molecule has 4 heteroatoms. The van der Waals surface area contributed by atoms with Crippen LogP contribution in [0.15, 0.2) is 12.1 Å². The summed E-state index contributed by atoms with van der Waals surface area (Å²) in [5, 5.41) is 3.00. The topological polar surface area (TPSA) is 55.1 Å². The third-order valence-electron chi connectivity index (χ3n) is 2.51. The lowest BCUT2D eigenvalue weighted by atomic mass is 10.1. The maximum Gasteiger partial charge on any atom is 0.261 e. The molecule has 0 aliphatic rings. The van der Waals surface area contributed by atoms with Crippen LogP contribution >= 0.6 is 11.3 Å². The van der Waals surface area contributed by atoms with Crippen molar-refractivity contribution in [2.45, 2.75) is 39.2 Å². The first kappa shape index (κ1) is 14.7. The number of carbonyl (C=O) groups excluding carboxylic acids is 1. The minimum atomic E-state index is -0.00981. The Hall–Kier alpha value is -1.31. The van der Waals surface area contributed by atoms with Gasteiger partial charge in [-0.15, -0.1) is 11.3 Å². The van der Waals surface area contributed by atoms with E-state index in [0.717, 1.165) is 24.1 Å². The van der Waals surface area contributed by atoms with Crippen LogP contribution in [0.1, 0.15) is 47.7 Å². The van der Waals surface area contributed by atoms with Crippen molar-refractivity contribution in [3.05, 3.63) is 21.9 Å². The summed E-state index contributed by atoms with van der Waals surface area (Å²) in [6.45, 7) is 4.53. The van der Waals surface area contributed by atoms with Crippen LogP contribution in [0.5, 0.6) is 0 Å². The number of unbranched alkanes of at least 4 members (excludes halogenated alkanes) is 1. The van der Waals surface area contributed by atoms with Crippen molar-refractivity contribution in [3.63, 3.8) is 0 Å². The molecule has 3 nitrogen and oxygen atoms in total. The van der Waals surface area contributed by atoms with Crippen molar-refractivity contribution in [1.29, 1.82) is 0 Å². The minimum absolute atomic E-state index is 0.00981. The van der Waals surface area contributed by atoms with E-state index in [-0.39, 0.29) is 11.9 Å². The zero-order chi connectivity index (χ0) is 13.4. The summed E-state index contributed by atoms with van der Waals surface area (Å²) in [4.78, 5) is 13.5. The number of hydrogen-bond acceptors (Lipinski definition) is 3. The van der Waals surface area contributed by atoms with Gasteiger partial charge in [-0.05, 0) is 25.5 Å². The number of amides is 1. The van der Waals surface area contributed by atoms with Crippen LogP contribution in [0.4, 0.5) is 0 Å². The fourth-order valence-corrected chi connectivity index (χ4v) is 2.33. The Balaban J connectivity index is 2.53. The molecule has 0 aliphatic carbocycles. The van der Waals surface area contributed by atoms with Crippen molar-refractivity contribution in [3.8, 4) is 11.8 Å². The zero-order valence-corrected chi connectivity index (χ0v) is 11.8. The Labute approximate surface area is 113 Å². The molecule has 3 N–H and O–H groups in total. The molecule has 0 spiro atoms. The zero-order valence-electron chi connectivity index (χ0n) is 11.0. The highest BCUT2D eigenvalue weighted by Crippen LogP contribution is 2.15. The van der Waals surface area contributed by atoms with E-state index in [4.69, 9.17) is 5.73 Å². The van der Waals surface area contributed by atoms with Crippen LogP contribution in [0.3, 0.4) is 0 Å². The molecule has 1 atom stereocenters. The van der Waals surface area contributed by atoms with Gasteiger partial charge in [0.15, 0.2) is 0 Å². The maximum absolute atomic E-state index is 11.9. The van der Waals surface area contributed by atoms with Gasteiger partial charge < -0.3 is 11.1 Å². The van der Waals surface area contributed by atoms with E-state index < -0.39 is 0 Å². The molecule has 0 aliphatic heterocycles. The predicted molar refractivity (Wildman–Crippen MR) is 76.7 cm³/mol. The molecule has 1 rings (SSSR count). The van der Waals surface area contributed by atoms with Crippen molar-refractivity contribution in [2.75, 3.05) is 6.54 Å². The van der Waals surface area contributed by atoms with Crippen molar-refractivity contribution in [1.82, 2.24) is 5.32 Å². The molecule has 0 fully saturated rings. The van der Waals surface area contributed by atoms with Crippen molar-refractivity contribution < 1.29 is 4.79 Å². The van der Waals surface area contributed by atoms with Gasteiger partial charge in [-0.3, -0.25) is 4.79 Å². The van der Waals surface area contributed by atoms with E-state index in [1.807, 2.05) is 19.1 Å². The third kappa shape index (κ3) is 4.91. The van der Waals surface area contributed by atoms with E-state index in [1.165, 1.54) is 11.3 Å². The second-order valence-electron chi connectivity index (χ2n) is 4.19. The Morgan fingerprint density at radius 1 is 1.56 bits per heavy atom. The molecule has 0 radical (unpaired) electrons. The summed E-state index contributed by atoms with van der Waals surface area (Å²) in [6, 6.07) is 3.89. The SMILES string of the molecule is CCCCC(C)NC(=O)c1ccc(C#CCN)s1. The summed E-state index contributed by atoms with van der Waals surface area (Å²) in [7, 11) is 0. The molecule has 18 heavy (non-hydrogen) atoms. The fraction of sp³-hybridized carbons (Fsp3) is 0.500. The largest absolute Gasteiger partial charge is 0.349 e. The van der Waals surface area contributed by atoms with Crippen molar-refractivity contribution in [2.24, 2.45) is 5.73 Å². The number of carbonyl (C=O) groups is 1. The fourth-order valence-electron chi connectivity index (χ4n) is 1.54. The highest BCUT2D eigenvalue weighted by Gasteiger charge is 2.11. The van der Waals surface area contributed by atoms with Gasteiger partial charge in [0, 0.05) is 6.04 Å². The van der Waals surface area contributed by atoms with Gasteiger partial charge in [0.05, 0.1) is 16.3 Å². The Morgan fingerprint density at radius 2 is 2.33 bits per heavy atom. The van der Waals surface area contributed by atoms with Crippen LogP contribution in [0.2, 0.25) is 0 Å². The number of nitrogens with one attached hydrogen (secondary N) is 1. The molecule has 1 heterocycles. The van der Waals surface area contributed by atoms with Gasteiger partial charge in [0.1, 0.15) is 0 Å². The monoisotopic (exact) mass is 264 g/mol. The molecule has 0 saturated carbocycles. The summed E-state index contributed by atoms with van der Waals surface area (Å²) < 4.78 is 0. The average Bonchev–Trinajstić information content (AvgIpc) is 2.82. The lowest BCUT2D eigenvalue weighted by Crippen LogP contribution is -2.31. The van der Waals surface area contributed by atoms with E-state index in [0.29, 0.717) is 11.4 Å². The average molecular weight is 264 g/mol. The molecular formula is C14H20N2OS. The van der Waals surface area contributed by atoms with Crippen LogP contribution in [0, 0.1) is 11.8 Å². The lowest BCUT2D eigenvalue weighted by molar-refractivity contribution is 0.0942. The summed E-state index contributed by atoms with van der Waals surface area (Å²) >= 11 is 1.41. The predicted octanol–water partition coefficient (Wildman–Crippen LogP) is 2.37. The first-order valence-corrected chi connectivity index (χ1v) is 7.08. The highest BCUT2D eigenvalue weighted by molar-refractivity contribution is 7.14. The summed E-state index contributed by atoms with van der Waals surface area (Å²) in [5.74, 6) is 5.70. The van der Waals surface area contributed by atoms with E-state index >= 15 is 0 Å². The molecule has 0 aromatic carbocycles. The van der Waals surface area contributed by atoms with Crippen LogP contribution in [-0.4, -0.2) is 18.5 Å². The summed E-state index contributed by atoms with van der Waals surface area (Å²) in [5.41, 5.74) is 5.31. The number of nitrogens with two attached hydrogens (primary N) is 1. The van der Waals surface area contributed by atoms with Crippen molar-refractivity contribution >= 4 is 17.2 Å². The van der Waals surface area contributed by atoms with Gasteiger partial charge in [-0.2, -0.15) is 0 Å². The molecular weight excluding hydrogens is 244 g/mol. The molecule has 98 valence electrons. The Bertz CT molecular complexity index is 442. The second kappa shape index (κ2) is 7.91. The van der Waals surface area contributed by atoms with Crippen LogP contribution < -0.4 is 11.1 Å². The van der Waals surface area contributed by atoms with Gasteiger partial charge in [-0.25, -0.2) is 0 Å². The standard InChI is InChI=1S/C14H20N2OS/c1-3-4-6-11(2)16-14(17)13-9-8-12(18-13)7-5-10-15/h8-9,11H,3-4,6,10,15H2,1-2H3,(H,16,17). The number of hydrogen-bond donors (Lipinski definition) is 2. The lowest BCUT2D eigenvalue weighted by Gasteiger charge is -2.12. The Kier molecular flexibility index (Phi) is 6.48. The number of rotatable bonds is 5. The molecule has 0 saturated heterocycles. The minimum Gasteiger partial charge on any atom is -0.349 e. The number of thiophene rings is 1. The second-order valence-corrected chi connectivity index (χ2v) is 5.27. The molecule has 1 unspecified atom stereocenters. The third-order valence-corrected chi connectivity index (χ3v) is 3.51. The molecule has 0 bridgehead atoms. The van der Waals surface area contributed by atoms with E-state index in [2.05, 4.69) is 24.1 Å². The summed E-state index contributed by atoms with van der Waals surface area (Å²) in [6.07, 6.45) is 3.31. The Morgan fingerprint density at radius 3 is 3.00 bits per heavy atom. The van der Waals surface area contributed by atoms with E-state index in [1.54, 1.807) is 0 Å². The quantitative estimate of drug-likeness (QED) is 0.802. The first-order chi connectivity index (χ1) is 8.67. The normalized spacial score (nSPS) is 11.5. The smallest absolute Gasteiger partial charge is 0.261 e. The van der Waals surface area contributed by atoms with Gasteiger partial charge in [-0.1, -0.05) is 31.6 Å². The molecule has 1 amide bonds.